The molecule has 1 saturated heterocycles. The molecule has 1 aliphatic heterocycles. The summed E-state index contributed by atoms with van der Waals surface area (Å²) in [5.41, 5.74) is 4.90. The van der Waals surface area contributed by atoms with Crippen LogP contribution in [0.3, 0.4) is 0 Å². The summed E-state index contributed by atoms with van der Waals surface area (Å²) in [6.07, 6.45) is 7.10. The molecular weight excluding hydrogens is 358 g/mol. The predicted molar refractivity (Wildman–Crippen MR) is 116 cm³/mol. The standard InChI is InChI=1S/C25H27N3O/c1-2-6-21(7-3-1)17-27-13-10-20(11-14-27)16-25-26-23-8-4-5-9-24(23)28(25)18-22-12-15-29-19-22/h1-9,12,15,19-20H,10-11,13-14,16-18H2. The van der Waals surface area contributed by atoms with Gasteiger partial charge in [-0.2, -0.15) is 0 Å². The van der Waals surface area contributed by atoms with Gasteiger partial charge in [0, 0.05) is 18.5 Å². The van der Waals surface area contributed by atoms with Crippen molar-refractivity contribution >= 4 is 11.0 Å². The Hall–Kier alpha value is -2.85. The van der Waals surface area contributed by atoms with Crippen molar-refractivity contribution in [3.63, 3.8) is 0 Å². The van der Waals surface area contributed by atoms with Gasteiger partial charge in [0.25, 0.3) is 0 Å². The van der Waals surface area contributed by atoms with E-state index in [0.717, 1.165) is 25.0 Å². The maximum atomic E-state index is 5.29. The number of aromatic nitrogens is 2. The van der Waals surface area contributed by atoms with Crippen LogP contribution >= 0.6 is 0 Å². The van der Waals surface area contributed by atoms with Crippen molar-refractivity contribution < 1.29 is 4.42 Å². The number of furan rings is 1. The Labute approximate surface area is 171 Å². The number of rotatable bonds is 6. The van der Waals surface area contributed by atoms with E-state index in [1.54, 1.807) is 6.26 Å². The quantitative estimate of drug-likeness (QED) is 0.461. The number of fused-ring (bicyclic) bond motifs is 1. The van der Waals surface area contributed by atoms with Gasteiger partial charge in [-0.05, 0) is 55.6 Å². The van der Waals surface area contributed by atoms with Crippen LogP contribution < -0.4 is 0 Å². The number of nitrogens with zero attached hydrogens (tertiary/aromatic N) is 3. The normalized spacial score (nSPS) is 15.9. The van der Waals surface area contributed by atoms with E-state index >= 15 is 0 Å². The van der Waals surface area contributed by atoms with E-state index in [-0.39, 0.29) is 0 Å². The lowest BCUT2D eigenvalue weighted by molar-refractivity contribution is 0.175. The van der Waals surface area contributed by atoms with Crippen molar-refractivity contribution in [2.24, 2.45) is 5.92 Å². The molecule has 0 amide bonds. The number of likely N-dealkylation sites (tertiary alicyclic amines) is 1. The highest BCUT2D eigenvalue weighted by molar-refractivity contribution is 5.76. The van der Waals surface area contributed by atoms with Gasteiger partial charge in [0.15, 0.2) is 0 Å². The first-order valence-electron chi connectivity index (χ1n) is 10.6. The summed E-state index contributed by atoms with van der Waals surface area (Å²) in [7, 11) is 0. The van der Waals surface area contributed by atoms with Gasteiger partial charge in [0.05, 0.1) is 30.1 Å². The fraction of sp³-hybridized carbons (Fsp3) is 0.320. The third-order valence-electron chi connectivity index (χ3n) is 6.08. The van der Waals surface area contributed by atoms with Crippen molar-refractivity contribution in [2.75, 3.05) is 13.1 Å². The zero-order chi connectivity index (χ0) is 19.5. The van der Waals surface area contributed by atoms with E-state index in [4.69, 9.17) is 9.40 Å². The van der Waals surface area contributed by atoms with Crippen LogP contribution in [-0.4, -0.2) is 27.5 Å². The second kappa shape index (κ2) is 8.26. The smallest absolute Gasteiger partial charge is 0.110 e. The lowest BCUT2D eigenvalue weighted by Gasteiger charge is -2.32. The van der Waals surface area contributed by atoms with E-state index in [2.05, 4.69) is 64.1 Å². The Morgan fingerprint density at radius 1 is 0.862 bits per heavy atom. The van der Waals surface area contributed by atoms with Crippen LogP contribution in [0.5, 0.6) is 0 Å². The molecule has 3 heterocycles. The van der Waals surface area contributed by atoms with Gasteiger partial charge in [-0.3, -0.25) is 4.90 Å². The predicted octanol–water partition coefficient (Wildman–Crippen LogP) is 5.13. The van der Waals surface area contributed by atoms with Crippen LogP contribution in [0, 0.1) is 5.92 Å². The number of imidazole rings is 1. The first kappa shape index (κ1) is 18.2. The highest BCUT2D eigenvalue weighted by Crippen LogP contribution is 2.25. The van der Waals surface area contributed by atoms with Crippen LogP contribution in [0.15, 0.2) is 77.6 Å². The molecule has 0 unspecified atom stereocenters. The molecule has 2 aromatic carbocycles. The molecule has 4 aromatic rings. The molecule has 0 saturated carbocycles. The Kier molecular flexibility index (Phi) is 5.18. The van der Waals surface area contributed by atoms with E-state index in [0.29, 0.717) is 5.92 Å². The second-order valence-electron chi connectivity index (χ2n) is 8.14. The molecule has 0 aliphatic carbocycles. The van der Waals surface area contributed by atoms with Crippen LogP contribution in [0.25, 0.3) is 11.0 Å². The van der Waals surface area contributed by atoms with Crippen molar-refractivity contribution in [3.8, 4) is 0 Å². The maximum absolute atomic E-state index is 5.29. The zero-order valence-corrected chi connectivity index (χ0v) is 16.7. The van der Waals surface area contributed by atoms with Gasteiger partial charge in [0.1, 0.15) is 5.82 Å². The molecule has 0 N–H and O–H groups in total. The van der Waals surface area contributed by atoms with E-state index in [1.165, 1.54) is 48.4 Å². The summed E-state index contributed by atoms with van der Waals surface area (Å²) in [4.78, 5) is 7.58. The van der Waals surface area contributed by atoms with Crippen LogP contribution in [0.1, 0.15) is 29.8 Å². The minimum absolute atomic E-state index is 0.696. The van der Waals surface area contributed by atoms with Gasteiger partial charge in [-0.25, -0.2) is 4.98 Å². The highest BCUT2D eigenvalue weighted by atomic mass is 16.3. The van der Waals surface area contributed by atoms with Gasteiger partial charge >= 0.3 is 0 Å². The van der Waals surface area contributed by atoms with E-state index in [1.807, 2.05) is 12.3 Å². The summed E-state index contributed by atoms with van der Waals surface area (Å²) >= 11 is 0. The molecule has 0 bridgehead atoms. The fourth-order valence-electron chi connectivity index (χ4n) is 4.47. The fourth-order valence-corrected chi connectivity index (χ4v) is 4.47. The Balaban J connectivity index is 1.28. The summed E-state index contributed by atoms with van der Waals surface area (Å²) in [5.74, 6) is 1.90. The third kappa shape index (κ3) is 4.13. The maximum Gasteiger partial charge on any atom is 0.110 e. The number of hydrogen-bond donors (Lipinski definition) is 0. The Bertz CT molecular complexity index is 1040. The average molecular weight is 386 g/mol. The molecule has 2 aromatic heterocycles. The lowest BCUT2D eigenvalue weighted by atomic mass is 9.93. The van der Waals surface area contributed by atoms with Crippen molar-refractivity contribution in [1.29, 1.82) is 0 Å². The molecule has 5 rings (SSSR count). The van der Waals surface area contributed by atoms with Crippen molar-refractivity contribution in [3.05, 3.63) is 90.1 Å². The summed E-state index contributed by atoms with van der Waals surface area (Å²) in [6.45, 7) is 4.22. The number of benzene rings is 2. The molecule has 0 spiro atoms. The minimum Gasteiger partial charge on any atom is -0.472 e. The Morgan fingerprint density at radius 2 is 1.66 bits per heavy atom. The van der Waals surface area contributed by atoms with Crippen LogP contribution in [-0.2, 0) is 19.5 Å². The molecule has 0 atom stereocenters. The zero-order valence-electron chi connectivity index (χ0n) is 16.7. The number of piperidine rings is 1. The average Bonchev–Trinajstić information content (AvgIpc) is 3.39. The Morgan fingerprint density at radius 3 is 2.45 bits per heavy atom. The summed E-state index contributed by atoms with van der Waals surface area (Å²) in [6, 6.07) is 21.3. The molecule has 4 nitrogen and oxygen atoms in total. The molecule has 1 aliphatic rings. The van der Waals surface area contributed by atoms with Gasteiger partial charge in [-0.15, -0.1) is 0 Å². The SMILES string of the molecule is c1ccc(CN2CCC(Cc3nc4ccccc4n3Cc3ccoc3)CC2)cc1. The molecule has 1 fully saturated rings. The first-order valence-corrected chi connectivity index (χ1v) is 10.6. The first-order chi connectivity index (χ1) is 14.3. The monoisotopic (exact) mass is 385 g/mol. The summed E-state index contributed by atoms with van der Waals surface area (Å²) < 4.78 is 7.66. The van der Waals surface area contributed by atoms with E-state index in [9.17, 15) is 0 Å². The van der Waals surface area contributed by atoms with Gasteiger partial charge < -0.3 is 8.98 Å². The topological polar surface area (TPSA) is 34.2 Å². The molecule has 148 valence electrons. The summed E-state index contributed by atoms with van der Waals surface area (Å²) in [5, 5.41) is 0. The van der Waals surface area contributed by atoms with Crippen LogP contribution in [0.4, 0.5) is 0 Å². The van der Waals surface area contributed by atoms with Crippen molar-refractivity contribution in [1.82, 2.24) is 14.5 Å². The molecule has 29 heavy (non-hydrogen) atoms. The third-order valence-corrected chi connectivity index (χ3v) is 6.08. The minimum atomic E-state index is 0.696. The van der Waals surface area contributed by atoms with Gasteiger partial charge in [-0.1, -0.05) is 42.5 Å². The van der Waals surface area contributed by atoms with Crippen LogP contribution in [0.2, 0.25) is 0 Å². The molecular formula is C25H27N3O. The molecule has 4 heteroatoms. The second-order valence-corrected chi connectivity index (χ2v) is 8.14. The highest BCUT2D eigenvalue weighted by Gasteiger charge is 2.22. The number of hydrogen-bond acceptors (Lipinski definition) is 3. The number of para-hydroxylation sites is 2. The van der Waals surface area contributed by atoms with Gasteiger partial charge in [0.2, 0.25) is 0 Å². The van der Waals surface area contributed by atoms with Crippen molar-refractivity contribution in [2.45, 2.75) is 32.4 Å². The van der Waals surface area contributed by atoms with E-state index < -0.39 is 0 Å². The largest absolute Gasteiger partial charge is 0.472 e. The lowest BCUT2D eigenvalue weighted by Crippen LogP contribution is -2.34. The molecule has 0 radical (unpaired) electrons.